The Kier molecular flexibility index (Phi) is 3.18. The van der Waals surface area contributed by atoms with E-state index < -0.39 is 0 Å². The van der Waals surface area contributed by atoms with Crippen LogP contribution in [-0.4, -0.2) is 16.8 Å². The van der Waals surface area contributed by atoms with Gasteiger partial charge in [0.25, 0.3) is 0 Å². The van der Waals surface area contributed by atoms with Crippen molar-refractivity contribution in [3.05, 3.63) is 35.1 Å². The van der Waals surface area contributed by atoms with Crippen molar-refractivity contribution < 1.29 is 4.39 Å². The van der Waals surface area contributed by atoms with Gasteiger partial charge in [0.1, 0.15) is 11.7 Å². The summed E-state index contributed by atoms with van der Waals surface area (Å²) >= 11 is 0. The number of nitrogens with one attached hydrogen (secondary N) is 1. The van der Waals surface area contributed by atoms with E-state index in [1.165, 1.54) is 12.1 Å². The minimum absolute atomic E-state index is 0.258. The van der Waals surface area contributed by atoms with Crippen molar-refractivity contribution in [2.75, 3.05) is 0 Å². The molecule has 1 aliphatic heterocycles. The molecule has 17 heavy (non-hydrogen) atoms. The van der Waals surface area contributed by atoms with Gasteiger partial charge < -0.3 is 4.90 Å². The van der Waals surface area contributed by atoms with Gasteiger partial charge in [0.15, 0.2) is 0 Å². The highest BCUT2D eigenvalue weighted by Gasteiger charge is 2.29. The molecular weight excluding hydrogens is 215 g/mol. The molecular formula is C14H19FN2. The number of hydrogen-bond acceptors (Lipinski definition) is 1. The molecule has 0 bridgehead atoms. The van der Waals surface area contributed by atoms with E-state index in [2.05, 4.69) is 25.7 Å². The number of fused-ring (bicyclic) bond motifs is 1. The van der Waals surface area contributed by atoms with Crippen molar-refractivity contribution in [1.29, 1.82) is 5.41 Å². The van der Waals surface area contributed by atoms with Crippen molar-refractivity contribution >= 4 is 5.84 Å². The van der Waals surface area contributed by atoms with Crippen LogP contribution in [0.5, 0.6) is 0 Å². The van der Waals surface area contributed by atoms with Crippen molar-refractivity contribution in [2.45, 2.75) is 39.8 Å². The SMILES string of the molecule is CCC(C)C(C)N1Cc2ccc(F)cc2C1=N. The monoisotopic (exact) mass is 234 g/mol. The van der Waals surface area contributed by atoms with Crippen LogP contribution in [0.1, 0.15) is 38.3 Å². The highest BCUT2D eigenvalue weighted by atomic mass is 19.1. The summed E-state index contributed by atoms with van der Waals surface area (Å²) in [4.78, 5) is 2.07. The summed E-state index contributed by atoms with van der Waals surface area (Å²) in [7, 11) is 0. The lowest BCUT2D eigenvalue weighted by Crippen LogP contribution is -2.37. The minimum atomic E-state index is -0.258. The standard InChI is InChI=1S/C14H19FN2/c1-4-9(2)10(3)17-8-11-5-6-12(15)7-13(11)14(17)16/h5-7,9-10,16H,4,8H2,1-3H3. The zero-order valence-electron chi connectivity index (χ0n) is 10.6. The van der Waals surface area contributed by atoms with E-state index in [0.717, 1.165) is 24.1 Å². The molecule has 0 aliphatic carbocycles. The molecule has 1 aromatic carbocycles. The number of nitrogens with zero attached hydrogens (tertiary/aromatic N) is 1. The van der Waals surface area contributed by atoms with Gasteiger partial charge in [-0.3, -0.25) is 5.41 Å². The number of benzene rings is 1. The summed E-state index contributed by atoms with van der Waals surface area (Å²) < 4.78 is 13.2. The molecule has 1 aliphatic rings. The predicted molar refractivity (Wildman–Crippen MR) is 67.7 cm³/mol. The van der Waals surface area contributed by atoms with Crippen LogP contribution in [0.3, 0.4) is 0 Å². The van der Waals surface area contributed by atoms with Crippen LogP contribution in [0.25, 0.3) is 0 Å². The summed E-state index contributed by atoms with van der Waals surface area (Å²) in [6.45, 7) is 7.24. The van der Waals surface area contributed by atoms with E-state index in [9.17, 15) is 4.39 Å². The molecule has 2 unspecified atom stereocenters. The van der Waals surface area contributed by atoms with Gasteiger partial charge in [-0.15, -0.1) is 0 Å². The number of amidine groups is 1. The molecule has 0 fully saturated rings. The molecule has 0 radical (unpaired) electrons. The van der Waals surface area contributed by atoms with E-state index in [4.69, 9.17) is 5.41 Å². The fourth-order valence-corrected chi connectivity index (χ4v) is 2.32. The highest BCUT2D eigenvalue weighted by molar-refractivity contribution is 6.00. The second kappa shape index (κ2) is 4.47. The van der Waals surface area contributed by atoms with E-state index in [1.807, 2.05) is 0 Å². The quantitative estimate of drug-likeness (QED) is 0.852. The topological polar surface area (TPSA) is 27.1 Å². The first-order chi connectivity index (χ1) is 8.04. The first kappa shape index (κ1) is 12.1. The second-order valence-electron chi connectivity index (χ2n) is 4.90. The molecule has 0 aromatic heterocycles. The summed E-state index contributed by atoms with van der Waals surface area (Å²) in [5.41, 5.74) is 1.81. The highest BCUT2D eigenvalue weighted by Crippen LogP contribution is 2.28. The molecule has 92 valence electrons. The third-order valence-corrected chi connectivity index (χ3v) is 3.91. The molecule has 0 spiro atoms. The van der Waals surface area contributed by atoms with Crippen molar-refractivity contribution in [1.82, 2.24) is 4.90 Å². The zero-order chi connectivity index (χ0) is 12.6. The van der Waals surface area contributed by atoms with Crippen LogP contribution < -0.4 is 0 Å². The van der Waals surface area contributed by atoms with Gasteiger partial charge in [0.2, 0.25) is 0 Å². The Balaban J connectivity index is 2.25. The number of hydrogen-bond donors (Lipinski definition) is 1. The van der Waals surface area contributed by atoms with Crippen LogP contribution >= 0.6 is 0 Å². The van der Waals surface area contributed by atoms with E-state index in [0.29, 0.717) is 17.8 Å². The Morgan fingerprint density at radius 2 is 2.12 bits per heavy atom. The third kappa shape index (κ3) is 2.06. The smallest absolute Gasteiger partial charge is 0.129 e. The van der Waals surface area contributed by atoms with Crippen molar-refractivity contribution in [3.8, 4) is 0 Å². The summed E-state index contributed by atoms with van der Waals surface area (Å²) in [6.07, 6.45) is 1.09. The predicted octanol–water partition coefficient (Wildman–Crippen LogP) is 3.40. The summed E-state index contributed by atoms with van der Waals surface area (Å²) in [5, 5.41) is 8.14. The van der Waals surface area contributed by atoms with Gasteiger partial charge in [0.05, 0.1) is 0 Å². The largest absolute Gasteiger partial charge is 0.349 e. The Labute approximate surface area is 102 Å². The zero-order valence-corrected chi connectivity index (χ0v) is 10.6. The molecule has 3 heteroatoms. The Hall–Kier alpha value is -1.38. The van der Waals surface area contributed by atoms with Gasteiger partial charge in [-0.1, -0.05) is 26.3 Å². The molecule has 1 heterocycles. The van der Waals surface area contributed by atoms with Gasteiger partial charge >= 0.3 is 0 Å². The molecule has 2 rings (SSSR count). The Morgan fingerprint density at radius 3 is 2.76 bits per heavy atom. The average Bonchev–Trinajstić information content (AvgIpc) is 2.65. The number of rotatable bonds is 3. The Morgan fingerprint density at radius 1 is 1.41 bits per heavy atom. The first-order valence-corrected chi connectivity index (χ1v) is 6.18. The minimum Gasteiger partial charge on any atom is -0.349 e. The lowest BCUT2D eigenvalue weighted by atomic mass is 9.99. The Bertz CT molecular complexity index is 442. The van der Waals surface area contributed by atoms with Gasteiger partial charge in [-0.2, -0.15) is 0 Å². The molecule has 2 atom stereocenters. The molecule has 1 aromatic rings. The van der Waals surface area contributed by atoms with Crippen LogP contribution in [-0.2, 0) is 6.54 Å². The fraction of sp³-hybridized carbons (Fsp3) is 0.500. The van der Waals surface area contributed by atoms with Gasteiger partial charge in [-0.05, 0) is 30.5 Å². The first-order valence-electron chi connectivity index (χ1n) is 6.18. The maximum Gasteiger partial charge on any atom is 0.129 e. The van der Waals surface area contributed by atoms with E-state index in [1.54, 1.807) is 6.07 Å². The van der Waals surface area contributed by atoms with E-state index >= 15 is 0 Å². The van der Waals surface area contributed by atoms with Crippen LogP contribution in [0, 0.1) is 17.1 Å². The second-order valence-corrected chi connectivity index (χ2v) is 4.90. The lowest BCUT2D eigenvalue weighted by Gasteiger charge is -2.30. The molecule has 1 N–H and O–H groups in total. The molecule has 0 saturated heterocycles. The summed E-state index contributed by atoms with van der Waals surface area (Å²) in [5.74, 6) is 0.744. The van der Waals surface area contributed by atoms with Crippen LogP contribution in [0.2, 0.25) is 0 Å². The maximum absolute atomic E-state index is 13.2. The molecule has 0 saturated carbocycles. The van der Waals surface area contributed by atoms with Gasteiger partial charge in [-0.25, -0.2) is 4.39 Å². The van der Waals surface area contributed by atoms with Crippen molar-refractivity contribution in [2.24, 2.45) is 5.92 Å². The molecule has 0 amide bonds. The fourth-order valence-electron chi connectivity index (χ4n) is 2.32. The normalized spacial score (nSPS) is 18.1. The van der Waals surface area contributed by atoms with Crippen molar-refractivity contribution in [3.63, 3.8) is 0 Å². The molecule has 2 nitrogen and oxygen atoms in total. The maximum atomic E-state index is 13.2. The lowest BCUT2D eigenvalue weighted by molar-refractivity contribution is 0.251. The van der Waals surface area contributed by atoms with E-state index in [-0.39, 0.29) is 5.82 Å². The van der Waals surface area contributed by atoms with Crippen LogP contribution in [0.4, 0.5) is 4.39 Å². The van der Waals surface area contributed by atoms with Crippen LogP contribution in [0.15, 0.2) is 18.2 Å². The third-order valence-electron chi connectivity index (χ3n) is 3.91. The summed E-state index contributed by atoms with van der Waals surface area (Å²) in [6, 6.07) is 5.07. The van der Waals surface area contributed by atoms with Gasteiger partial charge in [0, 0.05) is 18.2 Å². The average molecular weight is 234 g/mol. The number of halogens is 1.